The van der Waals surface area contributed by atoms with Gasteiger partial charge in [-0.15, -0.1) is 0 Å². The Kier molecular flexibility index (Phi) is 5.62. The van der Waals surface area contributed by atoms with E-state index < -0.39 is 0 Å². The average molecular weight is 213 g/mol. The van der Waals surface area contributed by atoms with Gasteiger partial charge in [-0.05, 0) is 45.2 Å². The molecule has 0 aliphatic heterocycles. The lowest BCUT2D eigenvalue weighted by molar-refractivity contribution is 0.0361. The Balaban J connectivity index is 2.46. The van der Waals surface area contributed by atoms with Gasteiger partial charge in [-0.3, -0.25) is 0 Å². The van der Waals surface area contributed by atoms with Crippen LogP contribution in [0.5, 0.6) is 0 Å². The van der Waals surface area contributed by atoms with Crippen molar-refractivity contribution in [3.05, 3.63) is 0 Å². The molecule has 0 spiro atoms. The van der Waals surface area contributed by atoms with E-state index in [0.29, 0.717) is 6.04 Å². The Hall–Kier alpha value is -0.0800. The van der Waals surface area contributed by atoms with Gasteiger partial charge in [-0.1, -0.05) is 26.7 Å². The van der Waals surface area contributed by atoms with Gasteiger partial charge in [0, 0.05) is 6.04 Å². The fraction of sp³-hybridized carbons (Fsp3) is 1.00. The van der Waals surface area contributed by atoms with Gasteiger partial charge in [0.2, 0.25) is 0 Å². The van der Waals surface area contributed by atoms with Crippen molar-refractivity contribution >= 4 is 0 Å². The Morgan fingerprint density at radius 2 is 2.00 bits per heavy atom. The SMILES string of the molecule is CCCCN(C)C1CC(O)CCC1CC. The number of unbranched alkanes of at least 4 members (excludes halogenated alkanes) is 1. The molecule has 2 nitrogen and oxygen atoms in total. The molecular formula is C13H27NO. The van der Waals surface area contributed by atoms with Crippen molar-refractivity contribution < 1.29 is 5.11 Å². The van der Waals surface area contributed by atoms with Crippen LogP contribution >= 0.6 is 0 Å². The quantitative estimate of drug-likeness (QED) is 0.759. The zero-order valence-electron chi connectivity index (χ0n) is 10.6. The number of aliphatic hydroxyl groups is 1. The predicted octanol–water partition coefficient (Wildman–Crippen LogP) is 2.66. The summed E-state index contributed by atoms with van der Waals surface area (Å²) in [5.41, 5.74) is 0. The van der Waals surface area contributed by atoms with Gasteiger partial charge >= 0.3 is 0 Å². The van der Waals surface area contributed by atoms with Crippen LogP contribution in [0.15, 0.2) is 0 Å². The normalized spacial score (nSPS) is 32.2. The summed E-state index contributed by atoms with van der Waals surface area (Å²) in [5, 5.41) is 9.74. The van der Waals surface area contributed by atoms with Gasteiger partial charge < -0.3 is 10.0 Å². The minimum Gasteiger partial charge on any atom is -0.393 e. The van der Waals surface area contributed by atoms with Crippen LogP contribution in [0.1, 0.15) is 52.4 Å². The summed E-state index contributed by atoms with van der Waals surface area (Å²) in [6.45, 7) is 5.70. The topological polar surface area (TPSA) is 23.5 Å². The highest BCUT2D eigenvalue weighted by atomic mass is 16.3. The first-order valence-electron chi connectivity index (χ1n) is 6.57. The lowest BCUT2D eigenvalue weighted by atomic mass is 9.80. The highest BCUT2D eigenvalue weighted by Crippen LogP contribution is 2.30. The average Bonchev–Trinajstić information content (AvgIpc) is 2.25. The fourth-order valence-electron chi connectivity index (χ4n) is 2.78. The Morgan fingerprint density at radius 1 is 1.27 bits per heavy atom. The lowest BCUT2D eigenvalue weighted by Gasteiger charge is -2.39. The molecule has 0 amide bonds. The van der Waals surface area contributed by atoms with Gasteiger partial charge in [-0.25, -0.2) is 0 Å². The molecular weight excluding hydrogens is 186 g/mol. The number of rotatable bonds is 5. The second kappa shape index (κ2) is 6.49. The molecule has 0 aromatic carbocycles. The molecule has 3 atom stereocenters. The summed E-state index contributed by atoms with van der Waals surface area (Å²) in [6, 6.07) is 0.616. The van der Waals surface area contributed by atoms with Crippen LogP contribution in [0.25, 0.3) is 0 Å². The van der Waals surface area contributed by atoms with Crippen molar-refractivity contribution in [1.29, 1.82) is 0 Å². The molecule has 1 N–H and O–H groups in total. The maximum Gasteiger partial charge on any atom is 0.0555 e. The monoisotopic (exact) mass is 213 g/mol. The molecule has 0 bridgehead atoms. The maximum absolute atomic E-state index is 9.74. The molecule has 2 heteroatoms. The van der Waals surface area contributed by atoms with Gasteiger partial charge in [0.1, 0.15) is 0 Å². The van der Waals surface area contributed by atoms with Crippen molar-refractivity contribution in [2.24, 2.45) is 5.92 Å². The van der Waals surface area contributed by atoms with Crippen molar-refractivity contribution in [2.75, 3.05) is 13.6 Å². The summed E-state index contributed by atoms with van der Waals surface area (Å²) in [7, 11) is 2.22. The maximum atomic E-state index is 9.74. The van der Waals surface area contributed by atoms with Crippen molar-refractivity contribution in [3.63, 3.8) is 0 Å². The zero-order valence-corrected chi connectivity index (χ0v) is 10.6. The fourth-order valence-corrected chi connectivity index (χ4v) is 2.78. The molecule has 0 aromatic rings. The molecule has 1 saturated carbocycles. The van der Waals surface area contributed by atoms with Crippen LogP contribution < -0.4 is 0 Å². The van der Waals surface area contributed by atoms with Crippen LogP contribution in [0.2, 0.25) is 0 Å². The minimum atomic E-state index is -0.0538. The predicted molar refractivity (Wildman–Crippen MR) is 65.0 cm³/mol. The van der Waals surface area contributed by atoms with E-state index in [4.69, 9.17) is 0 Å². The molecule has 0 radical (unpaired) electrons. The van der Waals surface area contributed by atoms with Crippen LogP contribution in [-0.4, -0.2) is 35.7 Å². The summed E-state index contributed by atoms with van der Waals surface area (Å²) in [5.74, 6) is 0.801. The molecule has 90 valence electrons. The third kappa shape index (κ3) is 3.76. The van der Waals surface area contributed by atoms with E-state index in [-0.39, 0.29) is 6.10 Å². The van der Waals surface area contributed by atoms with E-state index in [9.17, 15) is 5.11 Å². The van der Waals surface area contributed by atoms with Crippen molar-refractivity contribution in [2.45, 2.75) is 64.5 Å². The van der Waals surface area contributed by atoms with Gasteiger partial charge in [0.05, 0.1) is 6.10 Å². The molecule has 1 aliphatic carbocycles. The van der Waals surface area contributed by atoms with Crippen LogP contribution in [0.3, 0.4) is 0 Å². The van der Waals surface area contributed by atoms with Crippen LogP contribution in [-0.2, 0) is 0 Å². The Bertz CT molecular complexity index is 172. The number of hydrogen-bond donors (Lipinski definition) is 1. The third-order valence-corrected chi connectivity index (χ3v) is 3.88. The van der Waals surface area contributed by atoms with Gasteiger partial charge in [0.15, 0.2) is 0 Å². The van der Waals surface area contributed by atoms with Gasteiger partial charge in [-0.2, -0.15) is 0 Å². The molecule has 1 fully saturated rings. The smallest absolute Gasteiger partial charge is 0.0555 e. The Morgan fingerprint density at radius 3 is 2.60 bits per heavy atom. The first-order chi connectivity index (χ1) is 7.19. The second-order valence-electron chi connectivity index (χ2n) is 5.04. The lowest BCUT2D eigenvalue weighted by Crippen LogP contribution is -2.44. The number of aliphatic hydroxyl groups excluding tert-OH is 1. The first-order valence-corrected chi connectivity index (χ1v) is 6.57. The highest BCUT2D eigenvalue weighted by molar-refractivity contribution is 4.85. The molecule has 0 saturated heterocycles. The minimum absolute atomic E-state index is 0.0538. The summed E-state index contributed by atoms with van der Waals surface area (Å²) in [6.07, 6.45) is 6.94. The zero-order chi connectivity index (χ0) is 11.3. The van der Waals surface area contributed by atoms with Gasteiger partial charge in [0.25, 0.3) is 0 Å². The number of nitrogens with zero attached hydrogens (tertiary/aromatic N) is 1. The Labute approximate surface area is 94.7 Å². The number of hydrogen-bond acceptors (Lipinski definition) is 2. The van der Waals surface area contributed by atoms with Crippen molar-refractivity contribution in [1.82, 2.24) is 4.90 Å². The summed E-state index contributed by atoms with van der Waals surface area (Å²) < 4.78 is 0. The van der Waals surface area contributed by atoms with Crippen molar-refractivity contribution in [3.8, 4) is 0 Å². The third-order valence-electron chi connectivity index (χ3n) is 3.88. The van der Waals surface area contributed by atoms with E-state index in [1.807, 2.05) is 0 Å². The summed E-state index contributed by atoms with van der Waals surface area (Å²) in [4.78, 5) is 2.47. The largest absolute Gasteiger partial charge is 0.393 e. The molecule has 1 rings (SSSR count). The van der Waals surface area contributed by atoms with Crippen LogP contribution in [0, 0.1) is 5.92 Å². The molecule has 3 unspecified atom stereocenters. The summed E-state index contributed by atoms with van der Waals surface area (Å²) >= 11 is 0. The molecule has 1 aliphatic rings. The standard InChI is InChI=1S/C13H27NO/c1-4-6-9-14(3)13-10-12(15)8-7-11(13)5-2/h11-13,15H,4-10H2,1-3H3. The van der Waals surface area contributed by atoms with E-state index in [1.165, 1.54) is 32.2 Å². The molecule has 0 aromatic heterocycles. The highest BCUT2D eigenvalue weighted by Gasteiger charge is 2.30. The van der Waals surface area contributed by atoms with E-state index in [1.54, 1.807) is 0 Å². The van der Waals surface area contributed by atoms with Crippen LogP contribution in [0.4, 0.5) is 0 Å². The first kappa shape index (κ1) is 13.0. The van der Waals surface area contributed by atoms with E-state index >= 15 is 0 Å². The second-order valence-corrected chi connectivity index (χ2v) is 5.04. The molecule has 15 heavy (non-hydrogen) atoms. The van der Waals surface area contributed by atoms with E-state index in [0.717, 1.165) is 18.8 Å². The molecule has 0 heterocycles. The van der Waals surface area contributed by atoms with E-state index in [2.05, 4.69) is 25.8 Å².